The normalized spacial score (nSPS) is 19.6. The van der Waals surface area contributed by atoms with Crippen LogP contribution >= 0.6 is 0 Å². The minimum atomic E-state index is -1.10. The molecule has 7 nitrogen and oxygen atoms in total. The highest BCUT2D eigenvalue weighted by Crippen LogP contribution is 2.35. The smallest absolute Gasteiger partial charge is 0.328 e. The number of imidazole rings is 1. The second-order valence-electron chi connectivity index (χ2n) is 6.21. The average molecular weight is 305 g/mol. The molecule has 1 aromatic rings. The van der Waals surface area contributed by atoms with E-state index in [2.05, 4.69) is 15.0 Å². The largest absolute Gasteiger partial charge is 0.511 e. The molecular formula is C15H19N3O4. The van der Waals surface area contributed by atoms with Gasteiger partial charge < -0.3 is 15.2 Å². The van der Waals surface area contributed by atoms with E-state index in [0.29, 0.717) is 18.5 Å². The van der Waals surface area contributed by atoms with Gasteiger partial charge in [0.15, 0.2) is 11.8 Å². The van der Waals surface area contributed by atoms with E-state index in [1.54, 1.807) is 0 Å². The number of carboxylic acids is 1. The SMILES string of the molecule is CC1(C)CC(=O)C(C=NC(Cc2cnc[nH]2)C(=O)O)=C(O)C1. The third-order valence-corrected chi connectivity index (χ3v) is 3.53. The number of carboxylic acid groups (broad SMARTS) is 1. The predicted molar refractivity (Wildman–Crippen MR) is 79.9 cm³/mol. The number of H-pyrrole nitrogens is 1. The van der Waals surface area contributed by atoms with Crippen LogP contribution in [-0.2, 0) is 16.0 Å². The lowest BCUT2D eigenvalue weighted by atomic mass is 9.77. The molecule has 7 heteroatoms. The Balaban J connectivity index is 2.17. The summed E-state index contributed by atoms with van der Waals surface area (Å²) in [5.74, 6) is -1.35. The molecule has 1 atom stereocenters. The maximum absolute atomic E-state index is 12.0. The molecule has 0 amide bonds. The number of nitrogens with zero attached hydrogens (tertiary/aromatic N) is 2. The monoisotopic (exact) mass is 305 g/mol. The molecule has 1 aromatic heterocycles. The van der Waals surface area contributed by atoms with Crippen LogP contribution in [0.15, 0.2) is 28.8 Å². The van der Waals surface area contributed by atoms with Gasteiger partial charge in [-0.05, 0) is 5.41 Å². The maximum atomic E-state index is 12.0. The van der Waals surface area contributed by atoms with Gasteiger partial charge in [0, 0.05) is 37.4 Å². The fraction of sp³-hybridized carbons (Fsp3) is 0.467. The number of aliphatic carboxylic acids is 1. The minimum Gasteiger partial charge on any atom is -0.511 e. The lowest BCUT2D eigenvalue weighted by Gasteiger charge is -2.28. The van der Waals surface area contributed by atoms with Gasteiger partial charge in [0.1, 0.15) is 5.76 Å². The van der Waals surface area contributed by atoms with Crippen molar-refractivity contribution in [2.45, 2.75) is 39.2 Å². The molecule has 0 spiro atoms. The number of nitrogens with one attached hydrogen (secondary N) is 1. The van der Waals surface area contributed by atoms with E-state index in [1.807, 2.05) is 13.8 Å². The highest BCUT2D eigenvalue weighted by Gasteiger charge is 2.32. The first kappa shape index (κ1) is 15.9. The second-order valence-corrected chi connectivity index (χ2v) is 6.21. The van der Waals surface area contributed by atoms with Gasteiger partial charge in [-0.25, -0.2) is 9.78 Å². The molecule has 0 bridgehead atoms. The molecule has 1 heterocycles. The first-order chi connectivity index (χ1) is 10.3. The van der Waals surface area contributed by atoms with Crippen LogP contribution in [0.4, 0.5) is 0 Å². The zero-order chi connectivity index (χ0) is 16.3. The first-order valence-corrected chi connectivity index (χ1v) is 6.97. The highest BCUT2D eigenvalue weighted by atomic mass is 16.4. The number of carbonyl (C=O) groups excluding carboxylic acids is 1. The van der Waals surface area contributed by atoms with Crippen LogP contribution in [0, 0.1) is 5.41 Å². The molecule has 0 fully saturated rings. The molecule has 1 unspecified atom stereocenters. The van der Waals surface area contributed by atoms with Crippen LogP contribution in [0.2, 0.25) is 0 Å². The Bertz CT molecular complexity index is 629. The number of ketones is 1. The summed E-state index contributed by atoms with van der Waals surface area (Å²) < 4.78 is 0. The van der Waals surface area contributed by atoms with Crippen LogP contribution < -0.4 is 0 Å². The zero-order valence-corrected chi connectivity index (χ0v) is 12.5. The highest BCUT2D eigenvalue weighted by molar-refractivity contribution is 6.14. The van der Waals surface area contributed by atoms with Gasteiger partial charge in [-0.3, -0.25) is 9.79 Å². The molecule has 0 saturated heterocycles. The Hall–Kier alpha value is -2.44. The number of aliphatic hydroxyl groups excluding tert-OH is 1. The standard InChI is InChI=1S/C15H19N3O4/c1-15(2)4-12(19)10(13(20)5-15)7-17-11(14(21)22)3-9-6-16-8-18-9/h6-8,11,19H,3-5H2,1-2H3,(H,16,18)(H,21,22). The number of aliphatic hydroxyl groups is 1. The molecule has 0 saturated carbocycles. The minimum absolute atomic E-state index is 0.0318. The van der Waals surface area contributed by atoms with Gasteiger partial charge in [-0.1, -0.05) is 13.8 Å². The van der Waals surface area contributed by atoms with Crippen molar-refractivity contribution in [2.75, 3.05) is 0 Å². The number of aliphatic imine (C=N–C) groups is 1. The van der Waals surface area contributed by atoms with Crippen LogP contribution in [0.5, 0.6) is 0 Å². The lowest BCUT2D eigenvalue weighted by molar-refractivity contribution is -0.138. The van der Waals surface area contributed by atoms with Crippen LogP contribution in [0.3, 0.4) is 0 Å². The van der Waals surface area contributed by atoms with Crippen molar-refractivity contribution in [1.82, 2.24) is 9.97 Å². The molecule has 118 valence electrons. The lowest BCUT2D eigenvalue weighted by Crippen LogP contribution is -2.27. The van der Waals surface area contributed by atoms with Gasteiger partial charge in [0.25, 0.3) is 0 Å². The van der Waals surface area contributed by atoms with Crippen molar-refractivity contribution < 1.29 is 19.8 Å². The topological polar surface area (TPSA) is 116 Å². The van der Waals surface area contributed by atoms with Crippen molar-refractivity contribution in [2.24, 2.45) is 10.4 Å². The number of allylic oxidation sites excluding steroid dienone is 2. The zero-order valence-electron chi connectivity index (χ0n) is 12.5. The van der Waals surface area contributed by atoms with Crippen molar-refractivity contribution in [3.8, 4) is 0 Å². The van der Waals surface area contributed by atoms with Gasteiger partial charge in [-0.2, -0.15) is 0 Å². The van der Waals surface area contributed by atoms with E-state index < -0.39 is 12.0 Å². The third-order valence-electron chi connectivity index (χ3n) is 3.53. The van der Waals surface area contributed by atoms with Crippen molar-refractivity contribution >= 4 is 18.0 Å². The van der Waals surface area contributed by atoms with Crippen molar-refractivity contribution in [3.05, 3.63) is 29.6 Å². The van der Waals surface area contributed by atoms with Crippen LogP contribution in [-0.4, -0.2) is 44.2 Å². The van der Waals surface area contributed by atoms with Crippen LogP contribution in [0.1, 0.15) is 32.4 Å². The van der Waals surface area contributed by atoms with E-state index >= 15 is 0 Å². The Kier molecular flexibility index (Phi) is 4.44. The Morgan fingerprint density at radius 2 is 2.27 bits per heavy atom. The Morgan fingerprint density at radius 1 is 1.55 bits per heavy atom. The fourth-order valence-electron chi connectivity index (χ4n) is 2.42. The summed E-state index contributed by atoms with van der Waals surface area (Å²) in [7, 11) is 0. The molecular weight excluding hydrogens is 286 g/mol. The van der Waals surface area contributed by atoms with E-state index in [1.165, 1.54) is 18.7 Å². The number of aromatic nitrogens is 2. The van der Waals surface area contributed by atoms with Gasteiger partial charge in [0.05, 0.1) is 11.9 Å². The summed E-state index contributed by atoms with van der Waals surface area (Å²) in [6.45, 7) is 3.79. The Morgan fingerprint density at radius 3 is 2.82 bits per heavy atom. The van der Waals surface area contributed by atoms with Crippen molar-refractivity contribution in [3.63, 3.8) is 0 Å². The summed E-state index contributed by atoms with van der Waals surface area (Å²) in [6, 6.07) is -1.04. The molecule has 0 aromatic carbocycles. The maximum Gasteiger partial charge on any atom is 0.328 e. The summed E-state index contributed by atoms with van der Waals surface area (Å²) in [4.78, 5) is 33.9. The van der Waals surface area contributed by atoms with E-state index in [-0.39, 0.29) is 29.0 Å². The molecule has 2 rings (SSSR count). The number of hydrogen-bond donors (Lipinski definition) is 3. The fourth-order valence-corrected chi connectivity index (χ4v) is 2.42. The van der Waals surface area contributed by atoms with Gasteiger partial charge >= 0.3 is 5.97 Å². The Labute approximate surface area is 127 Å². The summed E-state index contributed by atoms with van der Waals surface area (Å²) >= 11 is 0. The predicted octanol–water partition coefficient (Wildman–Crippen LogP) is 1.68. The number of carbonyl (C=O) groups is 2. The van der Waals surface area contributed by atoms with Gasteiger partial charge in [-0.15, -0.1) is 0 Å². The number of hydrogen-bond acceptors (Lipinski definition) is 5. The molecule has 1 aliphatic carbocycles. The summed E-state index contributed by atoms with van der Waals surface area (Å²) in [6.07, 6.45) is 4.98. The third kappa shape index (κ3) is 3.81. The van der Waals surface area contributed by atoms with E-state index in [4.69, 9.17) is 0 Å². The van der Waals surface area contributed by atoms with Gasteiger partial charge in [0.2, 0.25) is 0 Å². The van der Waals surface area contributed by atoms with Crippen molar-refractivity contribution in [1.29, 1.82) is 0 Å². The number of Topliss-reactive ketones (excluding diaryl/α,β-unsaturated/α-hetero) is 1. The molecule has 1 aliphatic rings. The summed E-state index contributed by atoms with van der Waals surface area (Å²) in [5, 5.41) is 19.2. The molecule has 22 heavy (non-hydrogen) atoms. The number of rotatable bonds is 5. The molecule has 0 aliphatic heterocycles. The van der Waals surface area contributed by atoms with E-state index in [9.17, 15) is 19.8 Å². The summed E-state index contributed by atoms with van der Waals surface area (Å²) in [5.41, 5.74) is 0.453. The second kappa shape index (κ2) is 6.13. The quantitative estimate of drug-likeness (QED) is 0.716. The average Bonchev–Trinajstić information content (AvgIpc) is 2.87. The van der Waals surface area contributed by atoms with E-state index in [0.717, 1.165) is 0 Å². The molecule has 3 N–H and O–H groups in total. The molecule has 0 radical (unpaired) electrons. The number of aromatic amines is 1. The van der Waals surface area contributed by atoms with Crippen LogP contribution in [0.25, 0.3) is 0 Å². The first-order valence-electron chi connectivity index (χ1n) is 6.97.